The Morgan fingerprint density at radius 3 is 2.53 bits per heavy atom. The average molecular weight is 401 g/mol. The molecule has 0 aliphatic heterocycles. The van der Waals surface area contributed by atoms with Gasteiger partial charge in [-0.1, -0.05) is 48.5 Å². The molecule has 2 aromatic carbocycles. The van der Waals surface area contributed by atoms with Gasteiger partial charge in [-0.3, -0.25) is 14.2 Å². The first-order valence-corrected chi connectivity index (χ1v) is 9.89. The molecule has 0 unspecified atom stereocenters. The van der Waals surface area contributed by atoms with Crippen LogP contribution in [0.15, 0.2) is 71.9 Å². The molecule has 0 radical (unpaired) electrons. The minimum absolute atomic E-state index is 0.0575. The van der Waals surface area contributed by atoms with Gasteiger partial charge in [-0.25, -0.2) is 9.67 Å². The van der Waals surface area contributed by atoms with Gasteiger partial charge < -0.3 is 4.90 Å². The second-order valence-electron chi connectivity index (χ2n) is 7.15. The van der Waals surface area contributed by atoms with E-state index in [0.717, 1.165) is 16.8 Å². The summed E-state index contributed by atoms with van der Waals surface area (Å²) in [5, 5.41) is 4.75. The highest BCUT2D eigenvalue weighted by atomic mass is 16.2. The highest BCUT2D eigenvalue weighted by molar-refractivity contribution is 5.78. The van der Waals surface area contributed by atoms with E-state index >= 15 is 0 Å². The highest BCUT2D eigenvalue weighted by Gasteiger charge is 2.17. The molecule has 0 fully saturated rings. The lowest BCUT2D eigenvalue weighted by atomic mass is 10.2. The normalized spacial score (nSPS) is 11.0. The van der Waals surface area contributed by atoms with Crippen LogP contribution in [0.25, 0.3) is 16.7 Å². The second-order valence-corrected chi connectivity index (χ2v) is 7.15. The summed E-state index contributed by atoms with van der Waals surface area (Å²) in [6.07, 6.45) is 2.94. The predicted octanol–water partition coefficient (Wildman–Crippen LogP) is 2.94. The maximum atomic E-state index is 13.0. The monoisotopic (exact) mass is 401 g/mol. The molecule has 0 aliphatic carbocycles. The van der Waals surface area contributed by atoms with Crippen molar-refractivity contribution in [3.8, 4) is 5.69 Å². The van der Waals surface area contributed by atoms with Gasteiger partial charge in [0.2, 0.25) is 5.91 Å². The molecule has 4 aromatic rings. The fourth-order valence-electron chi connectivity index (χ4n) is 3.46. The number of nitrogens with zero attached hydrogens (tertiary/aromatic N) is 5. The first kappa shape index (κ1) is 19.6. The van der Waals surface area contributed by atoms with Crippen LogP contribution in [0.1, 0.15) is 18.1 Å². The maximum Gasteiger partial charge on any atom is 0.264 e. The van der Waals surface area contributed by atoms with E-state index in [1.807, 2.05) is 68.4 Å². The van der Waals surface area contributed by atoms with Gasteiger partial charge in [-0.15, -0.1) is 0 Å². The predicted molar refractivity (Wildman–Crippen MR) is 115 cm³/mol. The van der Waals surface area contributed by atoms with Crippen LogP contribution in [0.4, 0.5) is 0 Å². The molecule has 0 aliphatic rings. The summed E-state index contributed by atoms with van der Waals surface area (Å²) < 4.78 is 3.01. The molecule has 4 rings (SSSR count). The molecule has 0 atom stereocenters. The standard InChI is InChI=1S/C23H23N5O2/c1-3-26(14-18-10-5-4-6-11-18)21(29)15-27-16-24-22-19(23(27)30)13-25-28(22)20-12-8-7-9-17(20)2/h4-13,16H,3,14-15H2,1-2H3. The number of benzene rings is 2. The summed E-state index contributed by atoms with van der Waals surface area (Å²) >= 11 is 0. The zero-order chi connectivity index (χ0) is 21.1. The topological polar surface area (TPSA) is 73.0 Å². The average Bonchev–Trinajstić information content (AvgIpc) is 3.19. The molecule has 0 bridgehead atoms. The summed E-state index contributed by atoms with van der Waals surface area (Å²) in [6, 6.07) is 17.6. The number of carbonyl (C=O) groups is 1. The Kier molecular flexibility index (Phi) is 5.43. The zero-order valence-corrected chi connectivity index (χ0v) is 17.0. The SMILES string of the molecule is CCN(Cc1ccccc1)C(=O)Cn1cnc2c(cnn2-c2ccccc2C)c1=O. The van der Waals surface area contributed by atoms with E-state index < -0.39 is 0 Å². The van der Waals surface area contributed by atoms with Gasteiger partial charge in [0, 0.05) is 13.1 Å². The van der Waals surface area contributed by atoms with Crippen molar-refractivity contribution in [1.29, 1.82) is 0 Å². The molecular formula is C23H23N5O2. The number of hydrogen-bond acceptors (Lipinski definition) is 4. The van der Waals surface area contributed by atoms with E-state index in [-0.39, 0.29) is 18.0 Å². The lowest BCUT2D eigenvalue weighted by Crippen LogP contribution is -2.36. The molecule has 0 N–H and O–H groups in total. The molecule has 30 heavy (non-hydrogen) atoms. The molecule has 0 saturated heterocycles. The van der Waals surface area contributed by atoms with Crippen LogP contribution in [0.5, 0.6) is 0 Å². The van der Waals surface area contributed by atoms with E-state index in [9.17, 15) is 9.59 Å². The van der Waals surface area contributed by atoms with Crippen LogP contribution in [-0.4, -0.2) is 36.7 Å². The van der Waals surface area contributed by atoms with Crippen molar-refractivity contribution in [2.75, 3.05) is 6.54 Å². The number of likely N-dealkylation sites (N-methyl/N-ethyl adjacent to an activating group) is 1. The number of aryl methyl sites for hydroxylation is 1. The molecule has 7 nitrogen and oxygen atoms in total. The van der Waals surface area contributed by atoms with Crippen LogP contribution >= 0.6 is 0 Å². The Hall–Kier alpha value is -3.74. The molecular weight excluding hydrogens is 378 g/mol. The van der Waals surface area contributed by atoms with Crippen LogP contribution in [0, 0.1) is 6.92 Å². The quantitative estimate of drug-likeness (QED) is 0.498. The van der Waals surface area contributed by atoms with Gasteiger partial charge in [0.15, 0.2) is 5.65 Å². The smallest absolute Gasteiger partial charge is 0.264 e. The largest absolute Gasteiger partial charge is 0.337 e. The van der Waals surface area contributed by atoms with Crippen molar-refractivity contribution in [2.24, 2.45) is 0 Å². The Labute approximate surface area is 174 Å². The number of para-hydroxylation sites is 1. The molecule has 1 amide bonds. The maximum absolute atomic E-state index is 13.0. The summed E-state index contributed by atoms with van der Waals surface area (Å²) in [4.78, 5) is 31.9. The fourth-order valence-corrected chi connectivity index (χ4v) is 3.46. The summed E-state index contributed by atoms with van der Waals surface area (Å²) in [7, 11) is 0. The highest BCUT2D eigenvalue weighted by Crippen LogP contribution is 2.17. The molecule has 0 spiro atoms. The van der Waals surface area contributed by atoms with E-state index in [1.165, 1.54) is 17.1 Å². The Morgan fingerprint density at radius 1 is 1.07 bits per heavy atom. The number of aromatic nitrogens is 4. The third-order valence-corrected chi connectivity index (χ3v) is 5.15. The Morgan fingerprint density at radius 2 is 1.80 bits per heavy atom. The van der Waals surface area contributed by atoms with Crippen LogP contribution in [-0.2, 0) is 17.9 Å². The number of hydrogen-bond donors (Lipinski definition) is 0. The van der Waals surface area contributed by atoms with Crippen LogP contribution in [0.2, 0.25) is 0 Å². The van der Waals surface area contributed by atoms with Crippen molar-refractivity contribution >= 4 is 16.9 Å². The lowest BCUT2D eigenvalue weighted by molar-refractivity contribution is -0.132. The molecule has 2 aromatic heterocycles. The lowest BCUT2D eigenvalue weighted by Gasteiger charge is -2.21. The Bertz CT molecular complexity index is 1240. The van der Waals surface area contributed by atoms with E-state index in [1.54, 1.807) is 9.58 Å². The third kappa shape index (κ3) is 3.74. The molecule has 152 valence electrons. The minimum atomic E-state index is -0.274. The summed E-state index contributed by atoms with van der Waals surface area (Å²) in [6.45, 7) is 4.92. The Balaban J connectivity index is 1.61. The third-order valence-electron chi connectivity index (χ3n) is 5.15. The number of fused-ring (bicyclic) bond motifs is 1. The molecule has 2 heterocycles. The van der Waals surface area contributed by atoms with Gasteiger partial charge >= 0.3 is 0 Å². The van der Waals surface area contributed by atoms with Gasteiger partial charge in [-0.05, 0) is 31.0 Å². The van der Waals surface area contributed by atoms with Gasteiger partial charge in [0.25, 0.3) is 5.56 Å². The van der Waals surface area contributed by atoms with Crippen molar-refractivity contribution in [3.63, 3.8) is 0 Å². The molecule has 7 heteroatoms. The van der Waals surface area contributed by atoms with Crippen molar-refractivity contribution in [2.45, 2.75) is 26.9 Å². The second kappa shape index (κ2) is 8.32. The van der Waals surface area contributed by atoms with Crippen molar-refractivity contribution in [1.82, 2.24) is 24.2 Å². The van der Waals surface area contributed by atoms with E-state index in [2.05, 4.69) is 10.1 Å². The number of carbonyl (C=O) groups excluding carboxylic acids is 1. The fraction of sp³-hybridized carbons (Fsp3) is 0.217. The summed E-state index contributed by atoms with van der Waals surface area (Å²) in [5.74, 6) is -0.129. The van der Waals surface area contributed by atoms with Crippen LogP contribution in [0.3, 0.4) is 0 Å². The van der Waals surface area contributed by atoms with E-state index in [4.69, 9.17) is 0 Å². The minimum Gasteiger partial charge on any atom is -0.337 e. The number of rotatable bonds is 6. The zero-order valence-electron chi connectivity index (χ0n) is 17.0. The van der Waals surface area contributed by atoms with Crippen molar-refractivity contribution in [3.05, 3.63) is 88.6 Å². The summed E-state index contributed by atoms with van der Waals surface area (Å²) in [5.41, 5.74) is 3.16. The molecule has 0 saturated carbocycles. The first-order valence-electron chi connectivity index (χ1n) is 9.89. The first-order chi connectivity index (χ1) is 14.6. The van der Waals surface area contributed by atoms with Crippen LogP contribution < -0.4 is 5.56 Å². The van der Waals surface area contributed by atoms with Gasteiger partial charge in [-0.2, -0.15) is 5.10 Å². The van der Waals surface area contributed by atoms with Gasteiger partial charge in [0.1, 0.15) is 18.3 Å². The number of amides is 1. The van der Waals surface area contributed by atoms with Crippen molar-refractivity contribution < 1.29 is 4.79 Å². The van der Waals surface area contributed by atoms with E-state index in [0.29, 0.717) is 24.1 Å². The van der Waals surface area contributed by atoms with Gasteiger partial charge in [0.05, 0.1) is 11.9 Å².